The van der Waals surface area contributed by atoms with Crippen molar-refractivity contribution in [2.45, 2.75) is 45.1 Å². The van der Waals surface area contributed by atoms with E-state index in [2.05, 4.69) is 4.98 Å². The van der Waals surface area contributed by atoms with E-state index in [1.165, 1.54) is 10.8 Å². The number of hydrogen-bond acceptors (Lipinski definition) is 5. The van der Waals surface area contributed by atoms with Crippen LogP contribution in [0.3, 0.4) is 0 Å². The minimum Gasteiger partial charge on any atom is -0.394 e. The summed E-state index contributed by atoms with van der Waals surface area (Å²) in [5.41, 5.74) is -0.355. The first-order valence-corrected chi connectivity index (χ1v) is 6.82. The lowest BCUT2D eigenvalue weighted by Gasteiger charge is -2.15. The van der Waals surface area contributed by atoms with Gasteiger partial charge in [-0.05, 0) is 13.3 Å². The number of nitrogens with one attached hydrogen (secondary N) is 1. The summed E-state index contributed by atoms with van der Waals surface area (Å²) in [5.74, 6) is 0. The number of aryl methyl sites for hydroxylation is 1. The van der Waals surface area contributed by atoms with E-state index in [0.29, 0.717) is 25.0 Å². The molecule has 7 heteroatoms. The summed E-state index contributed by atoms with van der Waals surface area (Å²) in [6.07, 6.45) is 1.28. The molecular formula is C13H20N2O5. The Morgan fingerprint density at radius 2 is 2.25 bits per heavy atom. The average Bonchev–Trinajstić information content (AvgIpc) is 2.82. The number of rotatable bonds is 5. The van der Waals surface area contributed by atoms with Crippen molar-refractivity contribution in [1.82, 2.24) is 9.55 Å². The molecule has 2 heterocycles. The van der Waals surface area contributed by atoms with Crippen LogP contribution in [0.15, 0.2) is 15.8 Å². The molecule has 0 amide bonds. The number of aliphatic hydroxyl groups is 1. The van der Waals surface area contributed by atoms with E-state index in [9.17, 15) is 14.7 Å². The molecule has 1 saturated heterocycles. The molecule has 1 fully saturated rings. The molecule has 1 aliphatic heterocycles. The van der Waals surface area contributed by atoms with Gasteiger partial charge in [-0.1, -0.05) is 6.92 Å². The molecule has 0 aromatic carbocycles. The van der Waals surface area contributed by atoms with Crippen LogP contribution < -0.4 is 11.2 Å². The van der Waals surface area contributed by atoms with Crippen molar-refractivity contribution in [3.8, 4) is 0 Å². The lowest BCUT2D eigenvalue weighted by atomic mass is 10.2. The Hall–Kier alpha value is -1.44. The van der Waals surface area contributed by atoms with Crippen LogP contribution in [0.25, 0.3) is 0 Å². The van der Waals surface area contributed by atoms with Crippen molar-refractivity contribution in [1.29, 1.82) is 0 Å². The van der Waals surface area contributed by atoms with E-state index in [1.807, 2.05) is 13.8 Å². The van der Waals surface area contributed by atoms with Crippen molar-refractivity contribution in [2.24, 2.45) is 0 Å². The maximum atomic E-state index is 11.9. The second kappa shape index (κ2) is 6.34. The van der Waals surface area contributed by atoms with Crippen LogP contribution in [0.4, 0.5) is 0 Å². The summed E-state index contributed by atoms with van der Waals surface area (Å²) in [6, 6.07) is 0. The largest absolute Gasteiger partial charge is 0.394 e. The normalized spacial score (nSPS) is 26.1. The van der Waals surface area contributed by atoms with Gasteiger partial charge in [-0.2, -0.15) is 0 Å². The van der Waals surface area contributed by atoms with E-state index < -0.39 is 18.0 Å². The van der Waals surface area contributed by atoms with Gasteiger partial charge in [-0.15, -0.1) is 0 Å². The first-order chi connectivity index (χ1) is 9.60. The Morgan fingerprint density at radius 1 is 1.50 bits per heavy atom. The summed E-state index contributed by atoms with van der Waals surface area (Å²) >= 11 is 0. The van der Waals surface area contributed by atoms with E-state index in [4.69, 9.17) is 9.47 Å². The fourth-order valence-electron chi connectivity index (χ4n) is 2.42. The van der Waals surface area contributed by atoms with Gasteiger partial charge >= 0.3 is 5.69 Å². The van der Waals surface area contributed by atoms with Gasteiger partial charge in [-0.25, -0.2) is 4.79 Å². The van der Waals surface area contributed by atoms with E-state index in [0.717, 1.165) is 0 Å². The van der Waals surface area contributed by atoms with Gasteiger partial charge in [-0.3, -0.25) is 14.3 Å². The smallest absolute Gasteiger partial charge is 0.330 e. The highest BCUT2D eigenvalue weighted by Gasteiger charge is 2.36. The van der Waals surface area contributed by atoms with E-state index in [-0.39, 0.29) is 18.3 Å². The molecule has 1 aliphatic rings. The van der Waals surface area contributed by atoms with Crippen molar-refractivity contribution >= 4 is 0 Å². The Morgan fingerprint density at radius 3 is 2.85 bits per heavy atom. The third kappa shape index (κ3) is 2.84. The van der Waals surface area contributed by atoms with Crippen molar-refractivity contribution in [3.05, 3.63) is 32.6 Å². The lowest BCUT2D eigenvalue weighted by molar-refractivity contribution is -0.0603. The van der Waals surface area contributed by atoms with Gasteiger partial charge in [0.1, 0.15) is 12.3 Å². The molecule has 1 aromatic rings. The lowest BCUT2D eigenvalue weighted by Crippen LogP contribution is -2.34. The van der Waals surface area contributed by atoms with Gasteiger partial charge in [0.25, 0.3) is 5.56 Å². The number of aromatic amines is 1. The molecule has 7 nitrogen and oxygen atoms in total. The third-order valence-corrected chi connectivity index (χ3v) is 3.47. The molecule has 1 aromatic heterocycles. The van der Waals surface area contributed by atoms with Gasteiger partial charge in [0, 0.05) is 24.8 Å². The van der Waals surface area contributed by atoms with Crippen molar-refractivity contribution in [3.63, 3.8) is 0 Å². The van der Waals surface area contributed by atoms with Gasteiger partial charge in [0.15, 0.2) is 0 Å². The number of hydrogen-bond donors (Lipinski definition) is 2. The maximum Gasteiger partial charge on any atom is 0.330 e. The molecule has 3 atom stereocenters. The Balaban J connectivity index is 2.29. The fraction of sp³-hybridized carbons (Fsp3) is 0.692. The summed E-state index contributed by atoms with van der Waals surface area (Å²) in [5, 5.41) is 9.29. The van der Waals surface area contributed by atoms with Crippen molar-refractivity contribution in [2.75, 3.05) is 13.2 Å². The minimum absolute atomic E-state index is 0.167. The molecule has 1 unspecified atom stereocenters. The highest BCUT2D eigenvalue weighted by atomic mass is 16.6. The number of ether oxygens (including phenoxy) is 2. The quantitative estimate of drug-likeness (QED) is 0.780. The zero-order valence-electron chi connectivity index (χ0n) is 11.7. The molecule has 2 rings (SSSR count). The topological polar surface area (TPSA) is 93.6 Å². The Bertz CT molecular complexity index is 565. The number of H-pyrrole nitrogens is 1. The first kappa shape index (κ1) is 15.0. The second-order valence-corrected chi connectivity index (χ2v) is 4.72. The minimum atomic E-state index is -0.529. The first-order valence-electron chi connectivity index (χ1n) is 6.82. The van der Waals surface area contributed by atoms with Crippen LogP contribution in [-0.2, 0) is 15.9 Å². The van der Waals surface area contributed by atoms with Crippen LogP contribution in [0.2, 0.25) is 0 Å². The van der Waals surface area contributed by atoms with Crippen LogP contribution in [0.5, 0.6) is 0 Å². The highest BCUT2D eigenvalue weighted by molar-refractivity contribution is 5.04. The van der Waals surface area contributed by atoms with E-state index in [1.54, 1.807) is 0 Å². The molecule has 0 aliphatic carbocycles. The molecule has 112 valence electrons. The summed E-state index contributed by atoms with van der Waals surface area (Å²) in [6.45, 7) is 4.05. The van der Waals surface area contributed by atoms with E-state index >= 15 is 0 Å². The van der Waals surface area contributed by atoms with Crippen molar-refractivity contribution < 1.29 is 14.6 Å². The predicted molar refractivity (Wildman–Crippen MR) is 71.7 cm³/mol. The Kier molecular flexibility index (Phi) is 4.74. The van der Waals surface area contributed by atoms with Gasteiger partial charge in [0.05, 0.1) is 12.7 Å². The van der Waals surface area contributed by atoms with Crippen LogP contribution in [0, 0.1) is 0 Å². The van der Waals surface area contributed by atoms with Crippen LogP contribution in [0.1, 0.15) is 32.1 Å². The summed E-state index contributed by atoms with van der Waals surface area (Å²) < 4.78 is 12.5. The van der Waals surface area contributed by atoms with Gasteiger partial charge < -0.3 is 14.6 Å². The monoisotopic (exact) mass is 284 g/mol. The predicted octanol–water partition coefficient (Wildman–Crippen LogP) is -0.216. The number of nitrogens with zero attached hydrogens (tertiary/aromatic N) is 1. The maximum absolute atomic E-state index is 11.9. The fourth-order valence-corrected chi connectivity index (χ4v) is 2.42. The zero-order valence-corrected chi connectivity index (χ0v) is 11.7. The standard InChI is InChI=1S/C13H20N2O5/c1-3-8-6-15(13(18)14-12(8)17)11-5-9(19-4-2)10(7-16)20-11/h6,9-11,16H,3-5,7H2,1-2H3,(H,14,17,18)/t9?,10-,11-/m0/s1. The number of aliphatic hydroxyl groups excluding tert-OH is 1. The molecule has 2 N–H and O–H groups in total. The average molecular weight is 284 g/mol. The van der Waals surface area contributed by atoms with Crippen LogP contribution >= 0.6 is 0 Å². The molecule has 20 heavy (non-hydrogen) atoms. The SMILES string of the molecule is CCOC1C[C@@H](n2cc(CC)c(=O)[nH]c2=O)O[C@H]1CO. The molecule has 0 saturated carbocycles. The van der Waals surface area contributed by atoms with Gasteiger partial charge in [0.2, 0.25) is 0 Å². The molecule has 0 radical (unpaired) electrons. The molecular weight excluding hydrogens is 264 g/mol. The molecule has 0 bridgehead atoms. The highest BCUT2D eigenvalue weighted by Crippen LogP contribution is 2.29. The summed E-state index contributed by atoms with van der Waals surface area (Å²) in [4.78, 5) is 25.7. The Labute approximate surface area is 116 Å². The third-order valence-electron chi connectivity index (χ3n) is 3.47. The molecule has 0 spiro atoms. The number of aromatic nitrogens is 2. The summed E-state index contributed by atoms with van der Waals surface area (Å²) in [7, 11) is 0. The second-order valence-electron chi connectivity index (χ2n) is 4.72. The van der Waals surface area contributed by atoms with Crippen LogP contribution in [-0.4, -0.2) is 40.1 Å². The zero-order chi connectivity index (χ0) is 14.7.